The highest BCUT2D eigenvalue weighted by molar-refractivity contribution is 6.24. The topological polar surface area (TPSA) is 19.7 Å². The fourth-order valence-electron chi connectivity index (χ4n) is 20.4. The fourth-order valence-corrected chi connectivity index (χ4v) is 20.4. The van der Waals surface area contributed by atoms with E-state index in [1.54, 1.807) is 0 Å². The van der Waals surface area contributed by atoms with E-state index in [1.165, 1.54) is 219 Å². The molecule has 0 unspecified atom stereocenters. The van der Waals surface area contributed by atoms with Gasteiger partial charge in [-0.25, -0.2) is 0 Å². The molecule has 4 heteroatoms. The lowest BCUT2D eigenvalue weighted by Gasteiger charge is -2.15. The number of benzene rings is 22. The van der Waals surface area contributed by atoms with Crippen LogP contribution in [0.25, 0.3) is 241 Å². The van der Waals surface area contributed by atoms with Gasteiger partial charge in [0.25, 0.3) is 0 Å². The second kappa shape index (κ2) is 28.7. The molecule has 4 nitrogen and oxygen atoms in total. The number of hydrogen-bond acceptors (Lipinski definition) is 0. The van der Waals surface area contributed by atoms with Crippen molar-refractivity contribution >= 4 is 152 Å². The predicted octanol–water partition coefficient (Wildman–Crippen LogP) is 32.7. The standard InChI is InChI=1S/2C60H38N2/c1-2-13-39(14-3-1)40-25-30-45(31-26-40)61-57-23-10-8-21-51(57)55-36-42(28-33-59(55)61)43-29-34-60-56(37-43)52-22-9-11-24-58(52)62(60)46-17-12-16-44(35-46)53-38-54-47-18-5-4-15-41(47)27-32-50(54)48-19-6-7-20-49(48)53;1-2-12-39(13-3-1)40-22-29-45(30-23-40)61-57-20-10-8-18-51(57)55-36-43(27-34-59(55)61)44-28-35-60-56(37-44)52-19-9-11-21-58(52)62(60)46-31-24-42(25-32-46)53-38-54-47-15-5-4-14-41(47)26-33-50(54)48-16-6-7-17-49(48)53/h2*1-38H. The Morgan fingerprint density at radius 1 is 0.105 bits per heavy atom. The summed E-state index contributed by atoms with van der Waals surface area (Å²) in [5.74, 6) is 0. The first-order chi connectivity index (χ1) is 61.5. The Kier molecular flexibility index (Phi) is 16.3. The Labute approximate surface area is 715 Å². The molecule has 576 valence electrons. The van der Waals surface area contributed by atoms with E-state index in [4.69, 9.17) is 0 Å². The molecule has 124 heavy (non-hydrogen) atoms. The van der Waals surface area contributed by atoms with E-state index in [0.29, 0.717) is 0 Å². The Bertz CT molecular complexity index is 8820. The Balaban J connectivity index is 0.000000136. The molecule has 0 bridgehead atoms. The smallest absolute Gasteiger partial charge is 0.0541 e. The van der Waals surface area contributed by atoms with E-state index in [-0.39, 0.29) is 0 Å². The molecule has 0 aliphatic heterocycles. The van der Waals surface area contributed by atoms with Gasteiger partial charge < -0.3 is 18.3 Å². The number of nitrogens with zero attached hydrogens (tertiary/aromatic N) is 4. The van der Waals surface area contributed by atoms with E-state index in [2.05, 4.69) is 479 Å². The lowest BCUT2D eigenvalue weighted by molar-refractivity contribution is 1.18. The number of fused-ring (bicyclic) bond motifs is 22. The maximum absolute atomic E-state index is 2.44. The minimum Gasteiger partial charge on any atom is -0.309 e. The molecule has 0 atom stereocenters. The fraction of sp³-hybridized carbons (Fsp3) is 0. The number of aromatic nitrogens is 4. The first-order valence-electron chi connectivity index (χ1n) is 42.8. The zero-order chi connectivity index (χ0) is 81.5. The highest BCUT2D eigenvalue weighted by Crippen LogP contribution is 2.46. The summed E-state index contributed by atoms with van der Waals surface area (Å²) >= 11 is 0. The Morgan fingerprint density at radius 2 is 0.363 bits per heavy atom. The van der Waals surface area contributed by atoms with Crippen molar-refractivity contribution in [3.05, 3.63) is 461 Å². The zero-order valence-corrected chi connectivity index (χ0v) is 67.7. The summed E-state index contributed by atoms with van der Waals surface area (Å²) in [4.78, 5) is 0. The molecular formula is C120H76N4. The third kappa shape index (κ3) is 11.5. The largest absolute Gasteiger partial charge is 0.309 e. The number of hydrogen-bond donors (Lipinski definition) is 0. The van der Waals surface area contributed by atoms with Crippen LogP contribution in [0.2, 0.25) is 0 Å². The van der Waals surface area contributed by atoms with Crippen molar-refractivity contribution in [2.75, 3.05) is 0 Å². The van der Waals surface area contributed by atoms with Gasteiger partial charge >= 0.3 is 0 Å². The highest BCUT2D eigenvalue weighted by Gasteiger charge is 2.22. The monoisotopic (exact) mass is 1570 g/mol. The van der Waals surface area contributed by atoms with Crippen LogP contribution in [0.15, 0.2) is 461 Å². The molecule has 0 spiro atoms. The summed E-state index contributed by atoms with van der Waals surface area (Å²) in [5.41, 5.74) is 28.8. The van der Waals surface area contributed by atoms with Gasteiger partial charge in [0.15, 0.2) is 0 Å². The van der Waals surface area contributed by atoms with Crippen molar-refractivity contribution in [3.8, 4) is 89.5 Å². The van der Waals surface area contributed by atoms with Gasteiger partial charge in [0, 0.05) is 65.8 Å². The van der Waals surface area contributed by atoms with Crippen LogP contribution in [0.3, 0.4) is 0 Å². The summed E-state index contributed by atoms with van der Waals surface area (Å²) in [6.07, 6.45) is 0. The molecule has 4 aromatic heterocycles. The molecule has 0 aliphatic rings. The molecule has 0 amide bonds. The first-order valence-corrected chi connectivity index (χ1v) is 42.8. The summed E-state index contributed by atoms with van der Waals surface area (Å²) in [7, 11) is 0. The van der Waals surface area contributed by atoms with Crippen molar-refractivity contribution < 1.29 is 0 Å². The quantitative estimate of drug-likeness (QED) is 0.122. The van der Waals surface area contributed by atoms with Gasteiger partial charge in [-0.2, -0.15) is 0 Å². The maximum atomic E-state index is 2.44. The molecule has 0 N–H and O–H groups in total. The van der Waals surface area contributed by atoms with Gasteiger partial charge in [0.2, 0.25) is 0 Å². The molecule has 0 saturated carbocycles. The average molecular weight is 1570 g/mol. The average Bonchev–Trinajstić information content (AvgIpc) is 1.64. The minimum absolute atomic E-state index is 1.15. The molecule has 26 rings (SSSR count). The van der Waals surface area contributed by atoms with Crippen LogP contribution in [-0.2, 0) is 0 Å². The van der Waals surface area contributed by atoms with E-state index in [0.717, 1.165) is 22.7 Å². The molecule has 22 aromatic carbocycles. The molecule has 26 aromatic rings. The van der Waals surface area contributed by atoms with Gasteiger partial charge in [-0.15, -0.1) is 0 Å². The summed E-state index contributed by atoms with van der Waals surface area (Å²) in [6.45, 7) is 0. The summed E-state index contributed by atoms with van der Waals surface area (Å²) in [5, 5.41) is 25.3. The van der Waals surface area contributed by atoms with Crippen molar-refractivity contribution in [1.29, 1.82) is 0 Å². The van der Waals surface area contributed by atoms with Crippen molar-refractivity contribution in [1.82, 2.24) is 18.3 Å². The number of rotatable bonds is 10. The summed E-state index contributed by atoms with van der Waals surface area (Å²) < 4.78 is 9.66. The molecule has 4 heterocycles. The normalized spacial score (nSPS) is 11.9. The molecular weight excluding hydrogens is 1500 g/mol. The van der Waals surface area contributed by atoms with Gasteiger partial charge in [0.05, 0.1) is 44.1 Å². The molecule has 0 saturated heterocycles. The molecule has 0 aliphatic carbocycles. The van der Waals surface area contributed by atoms with Crippen LogP contribution >= 0.6 is 0 Å². The minimum atomic E-state index is 1.15. The van der Waals surface area contributed by atoms with Crippen LogP contribution in [-0.4, -0.2) is 18.3 Å². The zero-order valence-electron chi connectivity index (χ0n) is 67.7. The van der Waals surface area contributed by atoms with Gasteiger partial charge in [0.1, 0.15) is 0 Å². The van der Waals surface area contributed by atoms with Crippen LogP contribution in [0.5, 0.6) is 0 Å². The van der Waals surface area contributed by atoms with Crippen LogP contribution < -0.4 is 0 Å². The summed E-state index contributed by atoms with van der Waals surface area (Å²) in [6, 6.07) is 170. The second-order valence-corrected chi connectivity index (χ2v) is 33.0. The Morgan fingerprint density at radius 3 is 0.734 bits per heavy atom. The van der Waals surface area contributed by atoms with Gasteiger partial charge in [-0.1, -0.05) is 328 Å². The van der Waals surface area contributed by atoms with Crippen molar-refractivity contribution in [3.63, 3.8) is 0 Å². The lowest BCUT2D eigenvalue weighted by atomic mass is 9.91. The maximum Gasteiger partial charge on any atom is 0.0541 e. The van der Waals surface area contributed by atoms with Crippen molar-refractivity contribution in [2.45, 2.75) is 0 Å². The lowest BCUT2D eigenvalue weighted by Crippen LogP contribution is -1.95. The van der Waals surface area contributed by atoms with Gasteiger partial charge in [-0.3, -0.25) is 0 Å². The van der Waals surface area contributed by atoms with Crippen LogP contribution in [0, 0.1) is 0 Å². The third-order valence-corrected chi connectivity index (χ3v) is 26.2. The second-order valence-electron chi connectivity index (χ2n) is 33.0. The van der Waals surface area contributed by atoms with E-state index < -0.39 is 0 Å². The SMILES string of the molecule is c1ccc(-c2ccc(-n3c4ccccc4c4cc(-c5ccc6c(c5)c5ccccc5n6-c5ccc(-c6cc7c8ccccc8ccc7c7ccccc67)cc5)ccc43)cc2)cc1.c1ccc(-c2ccc(-n3c4ccccc4c4cc(-c5ccc6c(c5)c5ccccc5n6-c5cccc(-c6cc7c8ccccc8ccc7c7ccccc67)c5)ccc43)cc2)cc1. The predicted molar refractivity (Wildman–Crippen MR) is 528 cm³/mol. The van der Waals surface area contributed by atoms with E-state index in [1.807, 2.05) is 0 Å². The first kappa shape index (κ1) is 70.6. The van der Waals surface area contributed by atoms with Gasteiger partial charge in [-0.05, 0) is 265 Å². The van der Waals surface area contributed by atoms with E-state index in [9.17, 15) is 0 Å². The van der Waals surface area contributed by atoms with Crippen LogP contribution in [0.4, 0.5) is 0 Å². The third-order valence-electron chi connectivity index (χ3n) is 26.2. The molecule has 0 fully saturated rings. The van der Waals surface area contributed by atoms with Crippen molar-refractivity contribution in [2.24, 2.45) is 0 Å². The molecule has 0 radical (unpaired) electrons. The highest BCUT2D eigenvalue weighted by atomic mass is 15.0. The number of para-hydroxylation sites is 4. The van der Waals surface area contributed by atoms with E-state index >= 15 is 0 Å². The van der Waals surface area contributed by atoms with Crippen LogP contribution in [0.1, 0.15) is 0 Å². The Hall–Kier alpha value is -16.4.